The molecule has 84 valence electrons. The van der Waals surface area contributed by atoms with Gasteiger partial charge in [-0.15, -0.1) is 0 Å². The summed E-state index contributed by atoms with van der Waals surface area (Å²) >= 11 is 0. The summed E-state index contributed by atoms with van der Waals surface area (Å²) in [6, 6.07) is 0.464. The Labute approximate surface area is 89.1 Å². The van der Waals surface area contributed by atoms with Gasteiger partial charge in [-0.3, -0.25) is 4.21 Å². The van der Waals surface area contributed by atoms with Gasteiger partial charge in [0, 0.05) is 42.0 Å². The van der Waals surface area contributed by atoms with E-state index >= 15 is 0 Å². The SMILES string of the molecule is COCC(NCC(C)S(C)=O)C1CC1. The number of methoxy groups -OCH3 is 1. The van der Waals surface area contributed by atoms with Gasteiger partial charge >= 0.3 is 0 Å². The van der Waals surface area contributed by atoms with E-state index in [4.69, 9.17) is 4.74 Å². The first-order chi connectivity index (χ1) is 6.65. The van der Waals surface area contributed by atoms with E-state index in [1.54, 1.807) is 13.4 Å². The minimum absolute atomic E-state index is 0.230. The number of hydrogen-bond donors (Lipinski definition) is 1. The zero-order valence-electron chi connectivity index (χ0n) is 9.29. The Morgan fingerprint density at radius 1 is 1.57 bits per heavy atom. The highest BCUT2D eigenvalue weighted by atomic mass is 32.2. The molecule has 1 fully saturated rings. The largest absolute Gasteiger partial charge is 0.383 e. The molecule has 0 radical (unpaired) electrons. The van der Waals surface area contributed by atoms with Crippen molar-refractivity contribution in [1.29, 1.82) is 0 Å². The van der Waals surface area contributed by atoms with Crippen LogP contribution in [0.5, 0.6) is 0 Å². The Morgan fingerprint density at radius 3 is 2.64 bits per heavy atom. The van der Waals surface area contributed by atoms with Crippen LogP contribution in [-0.2, 0) is 15.5 Å². The third kappa shape index (κ3) is 4.07. The van der Waals surface area contributed by atoms with E-state index in [1.165, 1.54) is 12.8 Å². The Balaban J connectivity index is 2.22. The van der Waals surface area contributed by atoms with Crippen LogP contribution < -0.4 is 5.32 Å². The molecule has 0 saturated heterocycles. The topological polar surface area (TPSA) is 38.3 Å². The first-order valence-corrected chi connectivity index (χ1v) is 6.81. The molecule has 0 spiro atoms. The van der Waals surface area contributed by atoms with Gasteiger partial charge in [0.2, 0.25) is 0 Å². The van der Waals surface area contributed by atoms with Crippen molar-refractivity contribution in [2.45, 2.75) is 31.1 Å². The van der Waals surface area contributed by atoms with Crippen molar-refractivity contribution in [3.05, 3.63) is 0 Å². The quantitative estimate of drug-likeness (QED) is 0.687. The van der Waals surface area contributed by atoms with Crippen molar-refractivity contribution in [3.63, 3.8) is 0 Å². The molecule has 0 aliphatic heterocycles. The lowest BCUT2D eigenvalue weighted by Crippen LogP contribution is -2.40. The minimum Gasteiger partial charge on any atom is -0.383 e. The maximum absolute atomic E-state index is 11.1. The molecule has 3 nitrogen and oxygen atoms in total. The molecule has 0 amide bonds. The highest BCUT2D eigenvalue weighted by molar-refractivity contribution is 7.84. The van der Waals surface area contributed by atoms with Crippen molar-refractivity contribution >= 4 is 10.8 Å². The lowest BCUT2D eigenvalue weighted by atomic mass is 10.2. The Hall–Kier alpha value is 0.0700. The van der Waals surface area contributed by atoms with Gasteiger partial charge in [0.1, 0.15) is 0 Å². The second-order valence-corrected chi connectivity index (χ2v) is 5.92. The summed E-state index contributed by atoms with van der Waals surface area (Å²) in [5, 5.41) is 3.68. The first-order valence-electron chi connectivity index (χ1n) is 5.19. The average Bonchev–Trinajstić information content (AvgIpc) is 2.94. The van der Waals surface area contributed by atoms with Gasteiger partial charge in [0.15, 0.2) is 0 Å². The normalized spacial score (nSPS) is 23.1. The number of nitrogens with one attached hydrogen (secondary N) is 1. The van der Waals surface area contributed by atoms with Crippen molar-refractivity contribution in [2.75, 3.05) is 26.5 Å². The van der Waals surface area contributed by atoms with E-state index in [9.17, 15) is 4.21 Å². The maximum atomic E-state index is 11.1. The molecule has 14 heavy (non-hydrogen) atoms. The molecule has 3 atom stereocenters. The number of hydrogen-bond acceptors (Lipinski definition) is 3. The summed E-state index contributed by atoms with van der Waals surface area (Å²) in [5.41, 5.74) is 0. The summed E-state index contributed by atoms with van der Waals surface area (Å²) in [7, 11) is 1.01. The molecular formula is C10H21NO2S. The highest BCUT2D eigenvalue weighted by Gasteiger charge is 2.30. The van der Waals surface area contributed by atoms with Gasteiger partial charge in [-0.1, -0.05) is 0 Å². The van der Waals surface area contributed by atoms with Gasteiger partial charge < -0.3 is 10.1 Å². The Morgan fingerprint density at radius 2 is 2.21 bits per heavy atom. The first kappa shape index (κ1) is 12.1. The van der Waals surface area contributed by atoms with Crippen LogP contribution >= 0.6 is 0 Å². The second-order valence-electron chi connectivity index (χ2n) is 4.12. The van der Waals surface area contributed by atoms with Crippen molar-refractivity contribution in [1.82, 2.24) is 5.32 Å². The Bertz CT molecular complexity index is 195. The molecule has 1 N–H and O–H groups in total. The van der Waals surface area contributed by atoms with Crippen molar-refractivity contribution in [3.8, 4) is 0 Å². The summed E-state index contributed by atoms with van der Waals surface area (Å²) in [6.07, 6.45) is 4.38. The zero-order valence-corrected chi connectivity index (χ0v) is 10.1. The van der Waals surface area contributed by atoms with Gasteiger partial charge in [-0.2, -0.15) is 0 Å². The van der Waals surface area contributed by atoms with E-state index in [-0.39, 0.29) is 5.25 Å². The van der Waals surface area contributed by atoms with Crippen LogP contribution in [-0.4, -0.2) is 42.0 Å². The molecule has 0 aromatic heterocycles. The van der Waals surface area contributed by atoms with Crippen LogP contribution in [0, 0.1) is 5.92 Å². The standard InChI is InChI=1S/C10H21NO2S/c1-8(14(3)12)6-11-10(7-13-2)9-4-5-9/h8-11H,4-7H2,1-3H3. The predicted molar refractivity (Wildman–Crippen MR) is 59.9 cm³/mol. The summed E-state index contributed by atoms with van der Waals surface area (Å²) < 4.78 is 16.3. The van der Waals surface area contributed by atoms with Crippen LogP contribution in [0.1, 0.15) is 19.8 Å². The molecule has 1 aliphatic carbocycles. The van der Waals surface area contributed by atoms with Gasteiger partial charge in [-0.05, 0) is 25.7 Å². The molecule has 0 bridgehead atoms. The fourth-order valence-electron chi connectivity index (χ4n) is 1.47. The fourth-order valence-corrected chi connectivity index (χ4v) is 1.81. The lowest BCUT2D eigenvalue weighted by molar-refractivity contribution is 0.158. The van der Waals surface area contributed by atoms with Crippen LogP contribution in [0.15, 0.2) is 0 Å². The highest BCUT2D eigenvalue weighted by Crippen LogP contribution is 2.32. The summed E-state index contributed by atoms with van der Waals surface area (Å²) in [6.45, 7) is 3.61. The Kier molecular flexibility index (Phi) is 5.06. The second kappa shape index (κ2) is 5.83. The van der Waals surface area contributed by atoms with E-state index < -0.39 is 10.8 Å². The van der Waals surface area contributed by atoms with Crippen LogP contribution in [0.2, 0.25) is 0 Å². The van der Waals surface area contributed by atoms with Crippen LogP contribution in [0.4, 0.5) is 0 Å². The van der Waals surface area contributed by atoms with Crippen molar-refractivity contribution < 1.29 is 8.95 Å². The van der Waals surface area contributed by atoms with E-state index in [2.05, 4.69) is 5.32 Å². The molecule has 0 aromatic rings. The summed E-state index contributed by atoms with van der Waals surface area (Å²) in [5.74, 6) is 0.785. The van der Waals surface area contributed by atoms with E-state index in [0.717, 1.165) is 19.1 Å². The molecule has 1 rings (SSSR count). The molecule has 4 heteroatoms. The third-order valence-electron chi connectivity index (χ3n) is 2.77. The van der Waals surface area contributed by atoms with E-state index in [1.807, 2.05) is 6.92 Å². The van der Waals surface area contributed by atoms with Gasteiger partial charge in [-0.25, -0.2) is 0 Å². The monoisotopic (exact) mass is 219 g/mol. The molecule has 0 heterocycles. The smallest absolute Gasteiger partial charge is 0.0618 e. The maximum Gasteiger partial charge on any atom is 0.0618 e. The minimum atomic E-state index is -0.727. The van der Waals surface area contributed by atoms with Gasteiger partial charge in [0.25, 0.3) is 0 Å². The van der Waals surface area contributed by atoms with Gasteiger partial charge in [0.05, 0.1) is 6.61 Å². The van der Waals surface area contributed by atoms with E-state index in [0.29, 0.717) is 6.04 Å². The number of rotatable bonds is 7. The average molecular weight is 219 g/mol. The molecule has 3 unspecified atom stereocenters. The molecule has 1 aliphatic rings. The zero-order chi connectivity index (χ0) is 10.6. The molecule has 0 aromatic carbocycles. The van der Waals surface area contributed by atoms with Crippen molar-refractivity contribution in [2.24, 2.45) is 5.92 Å². The third-order valence-corrected chi connectivity index (χ3v) is 4.07. The lowest BCUT2D eigenvalue weighted by Gasteiger charge is -2.19. The van der Waals surface area contributed by atoms with Crippen LogP contribution in [0.25, 0.3) is 0 Å². The predicted octanol–water partition coefficient (Wildman–Crippen LogP) is 0.768. The summed E-state index contributed by atoms with van der Waals surface area (Å²) in [4.78, 5) is 0. The fraction of sp³-hybridized carbons (Fsp3) is 1.00. The molecule has 1 saturated carbocycles. The van der Waals surface area contributed by atoms with Crippen LogP contribution in [0.3, 0.4) is 0 Å². The number of ether oxygens (including phenoxy) is 1. The molecular weight excluding hydrogens is 198 g/mol.